The van der Waals surface area contributed by atoms with Crippen molar-refractivity contribution in [2.24, 2.45) is 0 Å². The van der Waals surface area contributed by atoms with Crippen LogP contribution in [0.1, 0.15) is 19.3 Å². The molecule has 1 aliphatic heterocycles. The molecule has 1 fully saturated rings. The Morgan fingerprint density at radius 3 is 2.80 bits per heavy atom. The fourth-order valence-electron chi connectivity index (χ4n) is 3.05. The highest BCUT2D eigenvalue weighted by Crippen LogP contribution is 2.23. The topological polar surface area (TPSA) is 49.2 Å². The van der Waals surface area contributed by atoms with Crippen LogP contribution in [0.3, 0.4) is 0 Å². The largest absolute Gasteiger partial charge is 0.491 e. The first kappa shape index (κ1) is 15.8. The molecule has 0 N–H and O–H groups in total. The van der Waals surface area contributed by atoms with Gasteiger partial charge in [0.1, 0.15) is 18.2 Å². The van der Waals surface area contributed by atoms with Gasteiger partial charge in [-0.25, -0.2) is 4.98 Å². The maximum Gasteiger partial charge on any atom is 0.146 e. The normalized spacial score (nSPS) is 17.4. The number of pyridine rings is 1. The number of benzene rings is 1. The van der Waals surface area contributed by atoms with Crippen LogP contribution in [-0.2, 0) is 4.74 Å². The first-order valence-corrected chi connectivity index (χ1v) is 8.69. The summed E-state index contributed by atoms with van der Waals surface area (Å²) >= 11 is 0. The maximum absolute atomic E-state index is 5.87. The zero-order valence-corrected chi connectivity index (χ0v) is 14.0. The standard InChI is InChI=1S/C20H21N3O2/c1-2-13-24-19(5-1)15-25-18-8-6-17(7-9-18)23-12-11-22-20(23)16-4-3-10-21-14-16/h3-4,6-12,14,19H,1-2,5,13,15H2/t19-/m0/s1. The maximum atomic E-state index is 5.87. The van der Waals surface area contributed by atoms with Gasteiger partial charge in [0.05, 0.1) is 6.10 Å². The molecule has 5 nitrogen and oxygen atoms in total. The number of nitrogens with zero attached hydrogens (tertiary/aromatic N) is 3. The predicted molar refractivity (Wildman–Crippen MR) is 95.9 cm³/mol. The van der Waals surface area contributed by atoms with E-state index in [1.54, 1.807) is 12.4 Å². The molecule has 0 aliphatic carbocycles. The summed E-state index contributed by atoms with van der Waals surface area (Å²) in [6.07, 6.45) is 11.0. The molecule has 0 amide bonds. The number of hydrogen-bond acceptors (Lipinski definition) is 4. The van der Waals surface area contributed by atoms with E-state index >= 15 is 0 Å². The predicted octanol–water partition coefficient (Wildman–Crippen LogP) is 3.88. The highest BCUT2D eigenvalue weighted by molar-refractivity contribution is 5.57. The molecule has 0 radical (unpaired) electrons. The second-order valence-electron chi connectivity index (χ2n) is 6.16. The van der Waals surface area contributed by atoms with Crippen molar-refractivity contribution in [3.05, 3.63) is 61.2 Å². The van der Waals surface area contributed by atoms with Gasteiger partial charge in [0, 0.05) is 42.6 Å². The van der Waals surface area contributed by atoms with Crippen molar-refractivity contribution >= 4 is 0 Å². The van der Waals surface area contributed by atoms with E-state index in [-0.39, 0.29) is 6.10 Å². The average molecular weight is 335 g/mol. The second-order valence-corrected chi connectivity index (χ2v) is 6.16. The highest BCUT2D eigenvalue weighted by atomic mass is 16.5. The molecule has 2 aromatic heterocycles. The minimum absolute atomic E-state index is 0.222. The molecular weight excluding hydrogens is 314 g/mol. The zero-order chi connectivity index (χ0) is 16.9. The minimum Gasteiger partial charge on any atom is -0.491 e. The molecule has 0 saturated carbocycles. The van der Waals surface area contributed by atoms with Gasteiger partial charge in [0.15, 0.2) is 0 Å². The van der Waals surface area contributed by atoms with Crippen LogP contribution in [0.4, 0.5) is 0 Å². The van der Waals surface area contributed by atoms with Crippen LogP contribution >= 0.6 is 0 Å². The summed E-state index contributed by atoms with van der Waals surface area (Å²) in [5.41, 5.74) is 2.03. The Morgan fingerprint density at radius 2 is 2.04 bits per heavy atom. The van der Waals surface area contributed by atoms with Crippen LogP contribution in [0.25, 0.3) is 17.1 Å². The van der Waals surface area contributed by atoms with Gasteiger partial charge < -0.3 is 9.47 Å². The molecule has 0 spiro atoms. The summed E-state index contributed by atoms with van der Waals surface area (Å²) in [5, 5.41) is 0. The lowest BCUT2D eigenvalue weighted by Crippen LogP contribution is -2.25. The van der Waals surface area contributed by atoms with Crippen LogP contribution in [0.15, 0.2) is 61.2 Å². The molecule has 5 heteroatoms. The van der Waals surface area contributed by atoms with Gasteiger partial charge in [0.2, 0.25) is 0 Å². The summed E-state index contributed by atoms with van der Waals surface area (Å²) in [5.74, 6) is 1.73. The van der Waals surface area contributed by atoms with Crippen molar-refractivity contribution in [1.82, 2.24) is 14.5 Å². The molecule has 128 valence electrons. The van der Waals surface area contributed by atoms with Gasteiger partial charge in [-0.3, -0.25) is 9.55 Å². The summed E-state index contributed by atoms with van der Waals surface area (Å²) in [4.78, 5) is 8.63. The molecular formula is C20H21N3O2. The lowest BCUT2D eigenvalue weighted by molar-refractivity contribution is -0.0110. The Balaban J connectivity index is 1.47. The molecule has 25 heavy (non-hydrogen) atoms. The van der Waals surface area contributed by atoms with Crippen molar-refractivity contribution in [1.29, 1.82) is 0 Å². The van der Waals surface area contributed by atoms with Gasteiger partial charge in [-0.15, -0.1) is 0 Å². The van der Waals surface area contributed by atoms with E-state index in [2.05, 4.69) is 9.97 Å². The number of ether oxygens (including phenoxy) is 2. The quantitative estimate of drug-likeness (QED) is 0.710. The van der Waals surface area contributed by atoms with Crippen molar-refractivity contribution in [3.8, 4) is 22.8 Å². The molecule has 3 heterocycles. The Labute approximate surface area is 147 Å². The fourth-order valence-corrected chi connectivity index (χ4v) is 3.05. The molecule has 1 aromatic carbocycles. The summed E-state index contributed by atoms with van der Waals surface area (Å²) in [6, 6.07) is 12.0. The second kappa shape index (κ2) is 7.49. The number of rotatable bonds is 5. The molecule has 3 aromatic rings. The Bertz CT molecular complexity index is 793. The van der Waals surface area contributed by atoms with E-state index in [0.29, 0.717) is 6.61 Å². The van der Waals surface area contributed by atoms with E-state index in [0.717, 1.165) is 42.3 Å². The molecule has 1 aliphatic rings. The minimum atomic E-state index is 0.222. The lowest BCUT2D eigenvalue weighted by Gasteiger charge is -2.22. The van der Waals surface area contributed by atoms with Crippen molar-refractivity contribution in [3.63, 3.8) is 0 Å². The molecule has 0 bridgehead atoms. The molecule has 0 unspecified atom stereocenters. The third kappa shape index (κ3) is 3.72. The third-order valence-electron chi connectivity index (χ3n) is 4.39. The van der Waals surface area contributed by atoms with Crippen molar-refractivity contribution in [2.75, 3.05) is 13.2 Å². The monoisotopic (exact) mass is 335 g/mol. The average Bonchev–Trinajstić information content (AvgIpc) is 3.18. The summed E-state index contributed by atoms with van der Waals surface area (Å²) < 4.78 is 13.6. The molecule has 4 rings (SSSR count). The number of imidazole rings is 1. The van der Waals surface area contributed by atoms with Crippen LogP contribution in [0, 0.1) is 0 Å². The first-order chi connectivity index (χ1) is 12.4. The highest BCUT2D eigenvalue weighted by Gasteiger charge is 2.14. The van der Waals surface area contributed by atoms with Gasteiger partial charge >= 0.3 is 0 Å². The summed E-state index contributed by atoms with van der Waals surface area (Å²) in [6.45, 7) is 1.47. The summed E-state index contributed by atoms with van der Waals surface area (Å²) in [7, 11) is 0. The Hall–Kier alpha value is -2.66. The zero-order valence-electron chi connectivity index (χ0n) is 14.0. The molecule has 1 atom stereocenters. The van der Waals surface area contributed by atoms with Crippen LogP contribution in [-0.4, -0.2) is 33.9 Å². The van der Waals surface area contributed by atoms with E-state index in [1.807, 2.05) is 53.4 Å². The van der Waals surface area contributed by atoms with Gasteiger partial charge in [0.25, 0.3) is 0 Å². The smallest absolute Gasteiger partial charge is 0.146 e. The van der Waals surface area contributed by atoms with Crippen molar-refractivity contribution in [2.45, 2.75) is 25.4 Å². The van der Waals surface area contributed by atoms with E-state index in [9.17, 15) is 0 Å². The Morgan fingerprint density at radius 1 is 1.12 bits per heavy atom. The van der Waals surface area contributed by atoms with Crippen LogP contribution in [0.5, 0.6) is 5.75 Å². The number of aromatic nitrogens is 3. The Kier molecular flexibility index (Phi) is 4.74. The lowest BCUT2D eigenvalue weighted by atomic mass is 10.1. The third-order valence-corrected chi connectivity index (χ3v) is 4.39. The van der Waals surface area contributed by atoms with Crippen LogP contribution < -0.4 is 4.74 Å². The van der Waals surface area contributed by atoms with E-state index < -0.39 is 0 Å². The van der Waals surface area contributed by atoms with Crippen LogP contribution in [0.2, 0.25) is 0 Å². The van der Waals surface area contributed by atoms with E-state index in [4.69, 9.17) is 9.47 Å². The SMILES string of the molecule is c1cncc(-c2nccn2-c2ccc(OC[C@@H]3CCCCO3)cc2)c1. The number of hydrogen-bond donors (Lipinski definition) is 0. The van der Waals surface area contributed by atoms with Gasteiger partial charge in [-0.1, -0.05) is 0 Å². The van der Waals surface area contributed by atoms with Gasteiger partial charge in [-0.2, -0.15) is 0 Å². The molecule has 1 saturated heterocycles. The van der Waals surface area contributed by atoms with Crippen molar-refractivity contribution < 1.29 is 9.47 Å². The van der Waals surface area contributed by atoms with Gasteiger partial charge in [-0.05, 0) is 55.7 Å². The fraction of sp³-hybridized carbons (Fsp3) is 0.300. The van der Waals surface area contributed by atoms with E-state index in [1.165, 1.54) is 6.42 Å². The first-order valence-electron chi connectivity index (χ1n) is 8.69.